The highest BCUT2D eigenvalue weighted by Crippen LogP contribution is 2.17. The second kappa shape index (κ2) is 7.69. The summed E-state index contributed by atoms with van der Waals surface area (Å²) in [4.78, 5) is 22.8. The van der Waals surface area contributed by atoms with E-state index in [1.807, 2.05) is 24.3 Å². The zero-order valence-corrected chi connectivity index (χ0v) is 13.8. The summed E-state index contributed by atoms with van der Waals surface area (Å²) in [5, 5.41) is 10.1. The predicted octanol–water partition coefficient (Wildman–Crippen LogP) is 0.317. The molecule has 2 amide bonds. The second-order valence-corrected chi connectivity index (χ2v) is 5.91. The summed E-state index contributed by atoms with van der Waals surface area (Å²) < 4.78 is 1.21. The van der Waals surface area contributed by atoms with Crippen molar-refractivity contribution in [2.75, 3.05) is 6.54 Å². The van der Waals surface area contributed by atoms with E-state index in [1.54, 1.807) is 0 Å². The Hall–Kier alpha value is -2.74. The summed E-state index contributed by atoms with van der Waals surface area (Å²) in [5.74, 6) is -0.503. The lowest BCUT2D eigenvalue weighted by molar-refractivity contribution is -0.118. The van der Waals surface area contributed by atoms with E-state index in [1.165, 1.54) is 16.4 Å². The van der Waals surface area contributed by atoms with Crippen molar-refractivity contribution in [1.29, 1.82) is 0 Å². The number of carbonyl (C=O) groups is 2. The molecule has 1 heterocycles. The number of amides is 2. The summed E-state index contributed by atoms with van der Waals surface area (Å²) in [6.45, 7) is 4.39. The lowest BCUT2D eigenvalue weighted by Crippen LogP contribution is -2.32. The van der Waals surface area contributed by atoms with Crippen LogP contribution >= 0.6 is 0 Å². The van der Waals surface area contributed by atoms with Crippen molar-refractivity contribution < 1.29 is 9.59 Å². The third-order valence-electron chi connectivity index (χ3n) is 3.60. The predicted molar refractivity (Wildman–Crippen MR) is 89.0 cm³/mol. The van der Waals surface area contributed by atoms with E-state index in [4.69, 9.17) is 11.5 Å². The molecule has 0 saturated carbocycles. The number of nitrogens with zero attached hydrogens (tertiary/aromatic N) is 3. The largest absolute Gasteiger partial charge is 0.368 e. The molecule has 1 aromatic heterocycles. The Bertz CT molecular complexity index is 708. The number of benzene rings is 1. The molecule has 1 atom stereocenters. The van der Waals surface area contributed by atoms with Gasteiger partial charge in [-0.3, -0.25) is 9.59 Å². The van der Waals surface area contributed by atoms with Crippen molar-refractivity contribution in [1.82, 2.24) is 20.3 Å². The zero-order chi connectivity index (χ0) is 17.7. The number of nitrogens with two attached hydrogens (primary N) is 2. The van der Waals surface area contributed by atoms with Crippen LogP contribution in [0.1, 0.15) is 47.4 Å². The summed E-state index contributed by atoms with van der Waals surface area (Å²) in [7, 11) is 0. The molecule has 1 unspecified atom stereocenters. The number of carbonyl (C=O) groups excluding carboxylic acids is 2. The van der Waals surface area contributed by atoms with E-state index in [2.05, 4.69) is 29.5 Å². The van der Waals surface area contributed by atoms with Crippen LogP contribution in [0.5, 0.6) is 0 Å². The minimum Gasteiger partial charge on any atom is -0.368 e. The molecule has 0 radical (unpaired) electrons. The SMILES string of the molecule is CC(C)c1ccc(C(N)CNC(=O)c2cn(CC(N)=O)nn2)cc1. The van der Waals surface area contributed by atoms with Gasteiger partial charge in [0.1, 0.15) is 6.54 Å². The highest BCUT2D eigenvalue weighted by atomic mass is 16.2. The van der Waals surface area contributed by atoms with Crippen molar-refractivity contribution >= 4 is 11.8 Å². The number of primary amides is 1. The van der Waals surface area contributed by atoms with Crippen LogP contribution in [0, 0.1) is 0 Å². The van der Waals surface area contributed by atoms with Crippen LogP contribution in [-0.2, 0) is 11.3 Å². The van der Waals surface area contributed by atoms with Gasteiger partial charge in [0.15, 0.2) is 5.69 Å². The summed E-state index contributed by atoms with van der Waals surface area (Å²) >= 11 is 0. The quantitative estimate of drug-likeness (QED) is 0.673. The van der Waals surface area contributed by atoms with Gasteiger partial charge in [-0.05, 0) is 17.0 Å². The van der Waals surface area contributed by atoms with E-state index in [0.717, 1.165) is 5.56 Å². The summed E-state index contributed by atoms with van der Waals surface area (Å²) in [6.07, 6.45) is 1.36. The van der Waals surface area contributed by atoms with Gasteiger partial charge < -0.3 is 16.8 Å². The summed E-state index contributed by atoms with van der Waals surface area (Å²) in [6, 6.07) is 7.69. The molecule has 0 bridgehead atoms. The average molecular weight is 330 g/mol. The van der Waals surface area contributed by atoms with Gasteiger partial charge in [-0.1, -0.05) is 43.3 Å². The molecule has 2 aromatic rings. The first-order valence-corrected chi connectivity index (χ1v) is 7.69. The maximum absolute atomic E-state index is 12.0. The molecule has 0 aliphatic heterocycles. The van der Waals surface area contributed by atoms with Crippen LogP contribution in [0.15, 0.2) is 30.5 Å². The fourth-order valence-corrected chi connectivity index (χ4v) is 2.18. The first-order valence-electron chi connectivity index (χ1n) is 7.69. The molecule has 0 aliphatic carbocycles. The third-order valence-corrected chi connectivity index (χ3v) is 3.60. The fourth-order valence-electron chi connectivity index (χ4n) is 2.18. The van der Waals surface area contributed by atoms with E-state index < -0.39 is 11.8 Å². The van der Waals surface area contributed by atoms with Crippen LogP contribution in [0.4, 0.5) is 0 Å². The van der Waals surface area contributed by atoms with Gasteiger partial charge in [0.05, 0.1) is 6.20 Å². The Morgan fingerprint density at radius 2 is 1.83 bits per heavy atom. The Morgan fingerprint density at radius 3 is 2.42 bits per heavy atom. The second-order valence-electron chi connectivity index (χ2n) is 5.91. The number of hydrogen-bond acceptors (Lipinski definition) is 5. The maximum atomic E-state index is 12.0. The van der Waals surface area contributed by atoms with Gasteiger partial charge in [0.25, 0.3) is 5.91 Å². The number of aromatic nitrogens is 3. The summed E-state index contributed by atoms with van der Waals surface area (Å²) in [5.41, 5.74) is 13.4. The minimum atomic E-state index is -0.557. The molecule has 0 spiro atoms. The van der Waals surface area contributed by atoms with Gasteiger partial charge in [-0.2, -0.15) is 0 Å². The number of hydrogen-bond donors (Lipinski definition) is 3. The van der Waals surface area contributed by atoms with E-state index in [0.29, 0.717) is 5.92 Å². The molecular weight excluding hydrogens is 308 g/mol. The molecule has 2 rings (SSSR count). The van der Waals surface area contributed by atoms with Gasteiger partial charge >= 0.3 is 0 Å². The molecule has 5 N–H and O–H groups in total. The molecule has 8 nitrogen and oxygen atoms in total. The smallest absolute Gasteiger partial charge is 0.273 e. The lowest BCUT2D eigenvalue weighted by Gasteiger charge is -2.14. The lowest BCUT2D eigenvalue weighted by atomic mass is 9.99. The van der Waals surface area contributed by atoms with Gasteiger partial charge in [-0.15, -0.1) is 5.10 Å². The van der Waals surface area contributed by atoms with Crippen molar-refractivity contribution in [2.24, 2.45) is 11.5 Å². The van der Waals surface area contributed by atoms with Crippen molar-refractivity contribution in [3.63, 3.8) is 0 Å². The molecule has 128 valence electrons. The average Bonchev–Trinajstić information content (AvgIpc) is 3.00. The first-order chi connectivity index (χ1) is 11.4. The normalized spacial score (nSPS) is 12.2. The first kappa shape index (κ1) is 17.6. The highest BCUT2D eigenvalue weighted by Gasteiger charge is 2.14. The molecule has 8 heteroatoms. The van der Waals surface area contributed by atoms with Crippen molar-refractivity contribution in [2.45, 2.75) is 32.4 Å². The van der Waals surface area contributed by atoms with Crippen LogP contribution < -0.4 is 16.8 Å². The Morgan fingerprint density at radius 1 is 1.21 bits per heavy atom. The zero-order valence-electron chi connectivity index (χ0n) is 13.8. The van der Waals surface area contributed by atoms with E-state index in [-0.39, 0.29) is 24.8 Å². The topological polar surface area (TPSA) is 129 Å². The van der Waals surface area contributed by atoms with Crippen LogP contribution in [-0.4, -0.2) is 33.4 Å². The number of rotatable bonds is 7. The van der Waals surface area contributed by atoms with Gasteiger partial charge in [0.2, 0.25) is 5.91 Å². The molecule has 1 aromatic carbocycles. The molecule has 0 aliphatic rings. The van der Waals surface area contributed by atoms with Crippen molar-refractivity contribution in [3.8, 4) is 0 Å². The van der Waals surface area contributed by atoms with Crippen LogP contribution in [0.25, 0.3) is 0 Å². The van der Waals surface area contributed by atoms with Gasteiger partial charge in [-0.25, -0.2) is 4.68 Å². The Kier molecular flexibility index (Phi) is 5.64. The van der Waals surface area contributed by atoms with Crippen LogP contribution in [0.2, 0.25) is 0 Å². The highest BCUT2D eigenvalue weighted by molar-refractivity contribution is 5.91. The third kappa shape index (κ3) is 4.63. The molecule has 0 saturated heterocycles. The molecule has 0 fully saturated rings. The van der Waals surface area contributed by atoms with Gasteiger partial charge in [0, 0.05) is 12.6 Å². The standard InChI is InChI=1S/C16H22N6O2/c1-10(2)11-3-5-12(6-4-11)13(17)7-19-16(24)14-8-22(21-20-14)9-15(18)23/h3-6,8,10,13H,7,9,17H2,1-2H3,(H2,18,23)(H,19,24). The fraction of sp³-hybridized carbons (Fsp3) is 0.375. The van der Waals surface area contributed by atoms with Crippen molar-refractivity contribution in [3.05, 3.63) is 47.3 Å². The van der Waals surface area contributed by atoms with E-state index >= 15 is 0 Å². The molecule has 24 heavy (non-hydrogen) atoms. The Balaban J connectivity index is 1.90. The van der Waals surface area contributed by atoms with Crippen LogP contribution in [0.3, 0.4) is 0 Å². The minimum absolute atomic E-state index is 0.110. The maximum Gasteiger partial charge on any atom is 0.273 e. The monoisotopic (exact) mass is 330 g/mol. The van der Waals surface area contributed by atoms with E-state index in [9.17, 15) is 9.59 Å². The molecular formula is C16H22N6O2. The Labute approximate surface area is 140 Å². The number of nitrogens with one attached hydrogen (secondary N) is 1.